The van der Waals surface area contributed by atoms with E-state index in [0.29, 0.717) is 5.46 Å². The molecule has 0 bridgehead atoms. The van der Waals surface area contributed by atoms with Crippen LogP contribution in [0.3, 0.4) is 0 Å². The first-order valence-corrected chi connectivity index (χ1v) is 5.79. The van der Waals surface area contributed by atoms with Gasteiger partial charge in [-0.2, -0.15) is 0 Å². The molecule has 0 saturated carbocycles. The van der Waals surface area contributed by atoms with Crippen LogP contribution in [0.15, 0.2) is 36.4 Å². The fourth-order valence-corrected chi connectivity index (χ4v) is 2.00. The van der Waals surface area contributed by atoms with Gasteiger partial charge in [-0.15, -0.1) is 0 Å². The molecule has 0 aliphatic rings. The molecule has 3 heteroatoms. The fourth-order valence-electron chi connectivity index (χ4n) is 2.00. The molecule has 0 atom stereocenters. The SMILES string of the molecule is CC(C)(C)c1ccc2c(B(O)O)cccc2c1. The van der Waals surface area contributed by atoms with Crippen LogP contribution in [0.5, 0.6) is 0 Å². The summed E-state index contributed by atoms with van der Waals surface area (Å²) in [6.07, 6.45) is 0. The largest absolute Gasteiger partial charge is 0.489 e. The van der Waals surface area contributed by atoms with E-state index in [0.717, 1.165) is 10.8 Å². The molecule has 2 rings (SSSR count). The van der Waals surface area contributed by atoms with E-state index in [1.165, 1.54) is 5.56 Å². The lowest BCUT2D eigenvalue weighted by atomic mass is 9.76. The summed E-state index contributed by atoms with van der Waals surface area (Å²) in [7, 11) is -1.42. The van der Waals surface area contributed by atoms with Crippen molar-refractivity contribution in [3.63, 3.8) is 0 Å². The van der Waals surface area contributed by atoms with Gasteiger partial charge in [0, 0.05) is 0 Å². The zero-order chi connectivity index (χ0) is 12.6. The van der Waals surface area contributed by atoms with Crippen LogP contribution in [0.4, 0.5) is 0 Å². The first-order valence-electron chi connectivity index (χ1n) is 5.79. The molecule has 0 fully saturated rings. The third-order valence-corrected chi connectivity index (χ3v) is 3.06. The van der Waals surface area contributed by atoms with Gasteiger partial charge in [0.25, 0.3) is 0 Å². The highest BCUT2D eigenvalue weighted by Gasteiger charge is 2.17. The minimum Gasteiger partial charge on any atom is -0.423 e. The van der Waals surface area contributed by atoms with Gasteiger partial charge in [0.1, 0.15) is 0 Å². The summed E-state index contributed by atoms with van der Waals surface area (Å²) in [4.78, 5) is 0. The molecule has 0 aliphatic carbocycles. The maximum atomic E-state index is 9.31. The molecule has 0 unspecified atom stereocenters. The van der Waals surface area contributed by atoms with Gasteiger partial charge in [-0.05, 0) is 27.2 Å². The average Bonchev–Trinajstić information content (AvgIpc) is 2.26. The number of rotatable bonds is 1. The molecule has 2 nitrogen and oxygen atoms in total. The molecular weight excluding hydrogens is 211 g/mol. The standard InChI is InChI=1S/C14H17BO2/c1-14(2,3)11-7-8-12-10(9-11)5-4-6-13(12)15(16)17/h4-9,16-17H,1-3H3. The maximum Gasteiger partial charge on any atom is 0.489 e. The third kappa shape index (κ3) is 2.35. The normalized spacial score (nSPS) is 11.8. The second-order valence-corrected chi connectivity index (χ2v) is 5.41. The Balaban J connectivity index is 2.65. The Morgan fingerprint density at radius 3 is 2.29 bits per heavy atom. The fraction of sp³-hybridized carbons (Fsp3) is 0.286. The van der Waals surface area contributed by atoms with Crippen LogP contribution in [-0.4, -0.2) is 17.2 Å². The number of hydrogen-bond donors (Lipinski definition) is 2. The molecule has 0 spiro atoms. The Hall–Kier alpha value is -1.32. The molecular formula is C14H17BO2. The number of hydrogen-bond acceptors (Lipinski definition) is 2. The lowest BCUT2D eigenvalue weighted by Gasteiger charge is -2.20. The Morgan fingerprint density at radius 2 is 1.71 bits per heavy atom. The van der Waals surface area contributed by atoms with Crippen molar-refractivity contribution in [2.24, 2.45) is 0 Å². The predicted molar refractivity (Wildman–Crippen MR) is 72.5 cm³/mol. The van der Waals surface area contributed by atoms with Crippen LogP contribution in [0.2, 0.25) is 0 Å². The van der Waals surface area contributed by atoms with Crippen molar-refractivity contribution in [1.82, 2.24) is 0 Å². The maximum absolute atomic E-state index is 9.31. The molecule has 0 aromatic heterocycles. The van der Waals surface area contributed by atoms with Gasteiger partial charge in [0.05, 0.1) is 0 Å². The predicted octanol–water partition coefficient (Wildman–Crippen LogP) is 1.82. The third-order valence-electron chi connectivity index (χ3n) is 3.06. The molecule has 0 aliphatic heterocycles. The van der Waals surface area contributed by atoms with Gasteiger partial charge in [0.2, 0.25) is 0 Å². The summed E-state index contributed by atoms with van der Waals surface area (Å²) >= 11 is 0. The van der Waals surface area contributed by atoms with E-state index < -0.39 is 7.12 Å². The van der Waals surface area contributed by atoms with Gasteiger partial charge in [0.15, 0.2) is 0 Å². The van der Waals surface area contributed by atoms with E-state index in [4.69, 9.17) is 0 Å². The van der Waals surface area contributed by atoms with Gasteiger partial charge < -0.3 is 10.0 Å². The van der Waals surface area contributed by atoms with E-state index in [-0.39, 0.29) is 5.41 Å². The Kier molecular flexibility index (Phi) is 2.98. The van der Waals surface area contributed by atoms with E-state index in [1.54, 1.807) is 6.07 Å². The van der Waals surface area contributed by atoms with Crippen molar-refractivity contribution in [1.29, 1.82) is 0 Å². The lowest BCUT2D eigenvalue weighted by Crippen LogP contribution is -2.30. The van der Waals surface area contributed by atoms with Gasteiger partial charge >= 0.3 is 7.12 Å². The molecule has 17 heavy (non-hydrogen) atoms. The molecule has 2 aromatic rings. The molecule has 0 radical (unpaired) electrons. The highest BCUT2D eigenvalue weighted by Crippen LogP contribution is 2.25. The van der Waals surface area contributed by atoms with Crippen LogP contribution in [0, 0.1) is 0 Å². The Morgan fingerprint density at radius 1 is 1.00 bits per heavy atom. The van der Waals surface area contributed by atoms with Crippen LogP contribution in [-0.2, 0) is 5.41 Å². The average molecular weight is 228 g/mol. The second kappa shape index (κ2) is 4.17. The summed E-state index contributed by atoms with van der Waals surface area (Å²) in [6, 6.07) is 11.7. The van der Waals surface area contributed by atoms with Crippen LogP contribution < -0.4 is 5.46 Å². The zero-order valence-corrected chi connectivity index (χ0v) is 10.4. The molecule has 0 amide bonds. The smallest absolute Gasteiger partial charge is 0.423 e. The van der Waals surface area contributed by atoms with Crippen molar-refractivity contribution >= 4 is 23.4 Å². The lowest BCUT2D eigenvalue weighted by molar-refractivity contribution is 0.426. The summed E-state index contributed by atoms with van der Waals surface area (Å²) in [5.41, 5.74) is 1.90. The first kappa shape index (κ1) is 12.2. The van der Waals surface area contributed by atoms with Gasteiger partial charge in [-0.25, -0.2) is 0 Å². The Bertz CT molecular complexity index is 541. The summed E-state index contributed by atoms with van der Waals surface area (Å²) < 4.78 is 0. The molecule has 88 valence electrons. The van der Waals surface area contributed by atoms with Gasteiger partial charge in [-0.3, -0.25) is 0 Å². The van der Waals surface area contributed by atoms with Crippen molar-refractivity contribution in [2.75, 3.05) is 0 Å². The van der Waals surface area contributed by atoms with Crippen LogP contribution in [0.1, 0.15) is 26.3 Å². The van der Waals surface area contributed by atoms with Gasteiger partial charge in [-0.1, -0.05) is 57.2 Å². The van der Waals surface area contributed by atoms with Crippen molar-refractivity contribution in [2.45, 2.75) is 26.2 Å². The minimum atomic E-state index is -1.42. The van der Waals surface area contributed by atoms with Crippen molar-refractivity contribution < 1.29 is 10.0 Å². The van der Waals surface area contributed by atoms with E-state index in [9.17, 15) is 10.0 Å². The topological polar surface area (TPSA) is 40.5 Å². The monoisotopic (exact) mass is 228 g/mol. The second-order valence-electron chi connectivity index (χ2n) is 5.41. The number of benzene rings is 2. The quantitative estimate of drug-likeness (QED) is 0.731. The summed E-state index contributed by atoms with van der Waals surface area (Å²) in [5, 5.41) is 20.6. The van der Waals surface area contributed by atoms with E-state index in [1.807, 2.05) is 24.3 Å². The first-order chi connectivity index (χ1) is 7.89. The highest BCUT2D eigenvalue weighted by atomic mass is 16.4. The highest BCUT2D eigenvalue weighted by molar-refractivity contribution is 6.61. The van der Waals surface area contributed by atoms with Crippen molar-refractivity contribution in [3.05, 3.63) is 42.0 Å². The van der Waals surface area contributed by atoms with E-state index in [2.05, 4.69) is 26.8 Å². The molecule has 2 aromatic carbocycles. The Labute approximate surface area is 102 Å². The van der Waals surface area contributed by atoms with Crippen LogP contribution >= 0.6 is 0 Å². The summed E-state index contributed by atoms with van der Waals surface area (Å²) in [5.74, 6) is 0. The minimum absolute atomic E-state index is 0.0992. The zero-order valence-electron chi connectivity index (χ0n) is 10.4. The molecule has 0 saturated heterocycles. The number of fused-ring (bicyclic) bond motifs is 1. The van der Waals surface area contributed by atoms with Crippen LogP contribution in [0.25, 0.3) is 10.8 Å². The summed E-state index contributed by atoms with van der Waals surface area (Å²) in [6.45, 7) is 6.50. The van der Waals surface area contributed by atoms with E-state index >= 15 is 0 Å². The van der Waals surface area contributed by atoms with Crippen molar-refractivity contribution in [3.8, 4) is 0 Å². The molecule has 0 heterocycles. The molecule has 2 N–H and O–H groups in total.